The molecule has 1 heterocycles. The maximum absolute atomic E-state index is 11.7. The molecule has 1 amide bonds. The summed E-state index contributed by atoms with van der Waals surface area (Å²) in [6.45, 7) is 6.10. The van der Waals surface area contributed by atoms with Gasteiger partial charge in [0.1, 0.15) is 5.76 Å². The van der Waals surface area contributed by atoms with E-state index in [0.717, 1.165) is 48.9 Å². The molecule has 1 aromatic heterocycles. The van der Waals surface area contributed by atoms with Gasteiger partial charge in [-0.2, -0.15) is 0 Å². The van der Waals surface area contributed by atoms with Gasteiger partial charge in [0, 0.05) is 31.6 Å². The molecule has 0 bridgehead atoms. The predicted octanol–water partition coefficient (Wildman–Crippen LogP) is 3.32. The van der Waals surface area contributed by atoms with Gasteiger partial charge < -0.3 is 20.4 Å². The van der Waals surface area contributed by atoms with E-state index >= 15 is 0 Å². The van der Waals surface area contributed by atoms with Crippen LogP contribution >= 0.6 is 0 Å². The molecule has 0 aliphatic rings. The molecule has 0 saturated carbocycles. The average molecular weight is 356 g/mol. The Morgan fingerprint density at radius 1 is 1.15 bits per heavy atom. The highest BCUT2D eigenvalue weighted by Crippen LogP contribution is 2.12. The van der Waals surface area contributed by atoms with Gasteiger partial charge in [0.05, 0.1) is 12.8 Å². The Morgan fingerprint density at radius 3 is 2.77 bits per heavy atom. The molecule has 140 valence electrons. The van der Waals surface area contributed by atoms with Crippen molar-refractivity contribution in [3.8, 4) is 0 Å². The summed E-state index contributed by atoms with van der Waals surface area (Å²) < 4.78 is 5.33. The van der Waals surface area contributed by atoms with Crippen molar-refractivity contribution in [2.45, 2.75) is 39.7 Å². The van der Waals surface area contributed by atoms with Crippen molar-refractivity contribution < 1.29 is 9.21 Å². The van der Waals surface area contributed by atoms with Crippen molar-refractivity contribution in [3.05, 3.63) is 54.0 Å². The molecule has 2 rings (SSSR count). The SMILES string of the molecule is CCCC(=O)Nc1cccc(CN=C(NCC)NCCc2ccco2)c1. The fourth-order valence-electron chi connectivity index (χ4n) is 2.47. The van der Waals surface area contributed by atoms with E-state index < -0.39 is 0 Å². The molecule has 6 heteroatoms. The van der Waals surface area contributed by atoms with Gasteiger partial charge in [0.2, 0.25) is 5.91 Å². The lowest BCUT2D eigenvalue weighted by atomic mass is 10.2. The number of aliphatic imine (C=N–C) groups is 1. The van der Waals surface area contributed by atoms with Crippen molar-refractivity contribution in [1.82, 2.24) is 10.6 Å². The number of carbonyl (C=O) groups excluding carboxylic acids is 1. The molecule has 2 aromatic rings. The van der Waals surface area contributed by atoms with E-state index in [1.54, 1.807) is 6.26 Å². The Labute approximate surface area is 155 Å². The minimum absolute atomic E-state index is 0.0427. The molecule has 0 aliphatic heterocycles. The van der Waals surface area contributed by atoms with Gasteiger partial charge in [0.15, 0.2) is 5.96 Å². The lowest BCUT2D eigenvalue weighted by molar-refractivity contribution is -0.116. The Kier molecular flexibility index (Phi) is 8.26. The lowest BCUT2D eigenvalue weighted by Gasteiger charge is -2.11. The average Bonchev–Trinajstić information content (AvgIpc) is 3.13. The molecule has 0 radical (unpaired) electrons. The Balaban J connectivity index is 1.89. The number of amides is 1. The van der Waals surface area contributed by atoms with E-state index in [9.17, 15) is 4.79 Å². The summed E-state index contributed by atoms with van der Waals surface area (Å²) in [5, 5.41) is 9.45. The molecule has 0 spiro atoms. The van der Waals surface area contributed by atoms with Crippen LogP contribution in [-0.2, 0) is 17.8 Å². The summed E-state index contributed by atoms with van der Waals surface area (Å²) in [5.74, 6) is 1.75. The second kappa shape index (κ2) is 11.0. The fourth-order valence-corrected chi connectivity index (χ4v) is 2.47. The highest BCUT2D eigenvalue weighted by molar-refractivity contribution is 5.90. The van der Waals surface area contributed by atoms with Gasteiger partial charge in [-0.25, -0.2) is 4.99 Å². The van der Waals surface area contributed by atoms with Gasteiger partial charge >= 0.3 is 0 Å². The van der Waals surface area contributed by atoms with Crippen LogP contribution in [0.1, 0.15) is 38.0 Å². The van der Waals surface area contributed by atoms with E-state index in [2.05, 4.69) is 20.9 Å². The number of benzene rings is 1. The first-order valence-electron chi connectivity index (χ1n) is 9.14. The van der Waals surface area contributed by atoms with Crippen LogP contribution in [0, 0.1) is 0 Å². The van der Waals surface area contributed by atoms with Crippen LogP contribution < -0.4 is 16.0 Å². The van der Waals surface area contributed by atoms with Gasteiger partial charge in [-0.1, -0.05) is 19.1 Å². The molecule has 26 heavy (non-hydrogen) atoms. The van der Waals surface area contributed by atoms with Gasteiger partial charge in [-0.05, 0) is 43.2 Å². The zero-order valence-electron chi connectivity index (χ0n) is 15.5. The van der Waals surface area contributed by atoms with Crippen molar-refractivity contribution >= 4 is 17.6 Å². The number of anilines is 1. The number of furan rings is 1. The number of carbonyl (C=O) groups is 1. The lowest BCUT2D eigenvalue weighted by Crippen LogP contribution is -2.38. The molecule has 0 fully saturated rings. The molecule has 3 N–H and O–H groups in total. The van der Waals surface area contributed by atoms with E-state index in [4.69, 9.17) is 4.42 Å². The highest BCUT2D eigenvalue weighted by atomic mass is 16.3. The zero-order valence-corrected chi connectivity index (χ0v) is 15.5. The van der Waals surface area contributed by atoms with Crippen LogP contribution in [0.5, 0.6) is 0 Å². The van der Waals surface area contributed by atoms with E-state index in [1.165, 1.54) is 0 Å². The van der Waals surface area contributed by atoms with Gasteiger partial charge in [0.25, 0.3) is 0 Å². The second-order valence-corrected chi connectivity index (χ2v) is 5.95. The Bertz CT molecular complexity index is 696. The topological polar surface area (TPSA) is 78.7 Å². The molecule has 0 aliphatic carbocycles. The fraction of sp³-hybridized carbons (Fsp3) is 0.400. The van der Waals surface area contributed by atoms with E-state index in [0.29, 0.717) is 13.0 Å². The quantitative estimate of drug-likeness (QED) is 0.476. The van der Waals surface area contributed by atoms with Gasteiger partial charge in [-0.3, -0.25) is 4.79 Å². The zero-order chi connectivity index (χ0) is 18.6. The number of nitrogens with one attached hydrogen (secondary N) is 3. The number of hydrogen-bond donors (Lipinski definition) is 3. The summed E-state index contributed by atoms with van der Waals surface area (Å²) in [7, 11) is 0. The molecule has 0 saturated heterocycles. The van der Waals surface area contributed by atoms with Crippen LogP contribution in [0.25, 0.3) is 0 Å². The number of hydrogen-bond acceptors (Lipinski definition) is 3. The maximum Gasteiger partial charge on any atom is 0.224 e. The smallest absolute Gasteiger partial charge is 0.224 e. The first kappa shape index (κ1) is 19.6. The van der Waals surface area contributed by atoms with Crippen LogP contribution in [0.4, 0.5) is 5.69 Å². The highest BCUT2D eigenvalue weighted by Gasteiger charge is 2.03. The second-order valence-electron chi connectivity index (χ2n) is 5.95. The minimum Gasteiger partial charge on any atom is -0.469 e. The van der Waals surface area contributed by atoms with Crippen molar-refractivity contribution in [2.75, 3.05) is 18.4 Å². The largest absolute Gasteiger partial charge is 0.469 e. The van der Waals surface area contributed by atoms with Crippen molar-refractivity contribution in [2.24, 2.45) is 4.99 Å². The summed E-state index contributed by atoms with van der Waals surface area (Å²) in [4.78, 5) is 16.3. The first-order valence-corrected chi connectivity index (χ1v) is 9.14. The third-order valence-electron chi connectivity index (χ3n) is 3.70. The summed E-state index contributed by atoms with van der Waals surface area (Å²) in [5.41, 5.74) is 1.86. The van der Waals surface area contributed by atoms with Crippen LogP contribution in [0.2, 0.25) is 0 Å². The predicted molar refractivity (Wildman–Crippen MR) is 105 cm³/mol. The third-order valence-corrected chi connectivity index (χ3v) is 3.70. The first-order chi connectivity index (χ1) is 12.7. The Hall–Kier alpha value is -2.76. The molecule has 1 aromatic carbocycles. The van der Waals surface area contributed by atoms with Crippen LogP contribution in [0.15, 0.2) is 52.1 Å². The van der Waals surface area contributed by atoms with E-state index in [-0.39, 0.29) is 5.91 Å². The van der Waals surface area contributed by atoms with Gasteiger partial charge in [-0.15, -0.1) is 0 Å². The monoisotopic (exact) mass is 356 g/mol. The summed E-state index contributed by atoms with van der Waals surface area (Å²) >= 11 is 0. The molecule has 0 atom stereocenters. The summed E-state index contributed by atoms with van der Waals surface area (Å²) in [6, 6.07) is 11.6. The normalized spacial score (nSPS) is 11.2. The number of rotatable bonds is 9. The number of nitrogens with zero attached hydrogens (tertiary/aromatic N) is 1. The molecular weight excluding hydrogens is 328 g/mol. The molecule has 0 unspecified atom stereocenters. The standard InChI is InChI=1S/C20H28N4O2/c1-3-7-19(25)24-17-9-5-8-16(14-17)15-23-20(21-4-2)22-12-11-18-10-6-13-26-18/h5-6,8-10,13-14H,3-4,7,11-12,15H2,1-2H3,(H,24,25)(H2,21,22,23). The molecular formula is C20H28N4O2. The molecule has 6 nitrogen and oxygen atoms in total. The maximum atomic E-state index is 11.7. The van der Waals surface area contributed by atoms with Crippen molar-refractivity contribution in [1.29, 1.82) is 0 Å². The number of guanidine groups is 1. The van der Waals surface area contributed by atoms with E-state index in [1.807, 2.05) is 50.2 Å². The van der Waals surface area contributed by atoms with Crippen LogP contribution in [0.3, 0.4) is 0 Å². The van der Waals surface area contributed by atoms with Crippen LogP contribution in [-0.4, -0.2) is 25.0 Å². The summed E-state index contributed by atoms with van der Waals surface area (Å²) in [6.07, 6.45) is 3.86. The minimum atomic E-state index is 0.0427. The third kappa shape index (κ3) is 7.01. The van der Waals surface area contributed by atoms with Crippen molar-refractivity contribution in [3.63, 3.8) is 0 Å². The Morgan fingerprint density at radius 2 is 2.04 bits per heavy atom.